The average Bonchev–Trinajstić information content (AvgIpc) is 0.961. The fourth-order valence-electron chi connectivity index (χ4n) is 17.9. The van der Waals surface area contributed by atoms with Crippen LogP contribution in [0.25, 0.3) is 140 Å². The Morgan fingerprint density at radius 1 is 0.284 bits per heavy atom. The fourth-order valence-corrected chi connectivity index (χ4v) is 20.1. The lowest BCUT2D eigenvalue weighted by molar-refractivity contribution is 0.569. The number of benzene rings is 15. The summed E-state index contributed by atoms with van der Waals surface area (Å²) in [5.41, 5.74) is 25.1. The number of hydrogen-bond donors (Lipinski definition) is 0. The molecule has 0 aliphatic carbocycles. The Hall–Kier alpha value is -12.0. The van der Waals surface area contributed by atoms with Gasteiger partial charge in [0, 0.05) is 95.8 Å². The Labute approximate surface area is 651 Å². The van der Waals surface area contributed by atoms with Gasteiger partial charge in [0.25, 0.3) is 6.71 Å². The van der Waals surface area contributed by atoms with Crippen molar-refractivity contribution in [2.45, 2.75) is 78.6 Å². The van der Waals surface area contributed by atoms with E-state index in [-0.39, 0.29) is 40.6 Å². The Balaban J connectivity index is 0.966. The summed E-state index contributed by atoms with van der Waals surface area (Å²) in [6.45, 7) is 20.4. The summed E-state index contributed by atoms with van der Waals surface area (Å²) >= 11 is 3.65. The van der Waals surface area contributed by atoms with Crippen molar-refractivity contribution >= 4 is 164 Å². The minimum atomic E-state index is -0.531. The van der Waals surface area contributed by atoms with Gasteiger partial charge in [0.15, 0.2) is 0 Å². The highest BCUT2D eigenvalue weighted by molar-refractivity contribution is 7.26. The number of rotatable bonds is 8. The van der Waals surface area contributed by atoms with Crippen LogP contribution in [-0.2, 0) is 16.2 Å². The van der Waals surface area contributed by atoms with Crippen molar-refractivity contribution in [2.24, 2.45) is 0 Å². The number of thiophene rings is 2. The second-order valence-corrected chi connectivity index (χ2v) is 35.0. The van der Waals surface area contributed by atoms with E-state index in [9.17, 15) is 5.48 Å². The maximum Gasteiger partial charge on any atom is 0.252 e. The van der Waals surface area contributed by atoms with Gasteiger partial charge < -0.3 is 18.9 Å². The van der Waals surface area contributed by atoms with Crippen molar-refractivity contribution in [3.8, 4) is 55.9 Å². The van der Waals surface area contributed by atoms with Crippen LogP contribution in [0.2, 0.25) is 0 Å². The minimum absolute atomic E-state index is 0.147. The Kier molecular flexibility index (Phi) is 13.4. The first kappa shape index (κ1) is 60.1. The smallest absolute Gasteiger partial charge is 0.252 e. The summed E-state index contributed by atoms with van der Waals surface area (Å²) < 4.78 is 57.0. The van der Waals surface area contributed by atoms with Crippen molar-refractivity contribution in [3.63, 3.8) is 0 Å². The van der Waals surface area contributed by atoms with E-state index in [0.717, 1.165) is 144 Å². The molecule has 4 nitrogen and oxygen atoms in total. The number of fused-ring (bicyclic) bond motifs is 16. The van der Waals surface area contributed by atoms with Crippen LogP contribution in [-0.4, -0.2) is 15.8 Å². The van der Waals surface area contributed by atoms with Crippen LogP contribution in [0, 0.1) is 0 Å². The van der Waals surface area contributed by atoms with Crippen molar-refractivity contribution in [1.29, 1.82) is 0 Å². The maximum absolute atomic E-state index is 9.80. The molecule has 15 aromatic carbocycles. The molecule has 0 fully saturated rings. The van der Waals surface area contributed by atoms with E-state index in [1.807, 2.05) is 28.7 Å². The molecule has 7 heteroatoms. The molecule has 109 heavy (non-hydrogen) atoms. The first-order chi connectivity index (χ1) is 55.0. The van der Waals surface area contributed by atoms with E-state index >= 15 is 0 Å². The lowest BCUT2D eigenvalue weighted by atomic mass is 9.33. The molecule has 0 saturated carbocycles. The third-order valence-electron chi connectivity index (χ3n) is 23.2. The van der Waals surface area contributed by atoms with Crippen LogP contribution < -0.4 is 26.2 Å². The van der Waals surface area contributed by atoms with Gasteiger partial charge in [0.05, 0.1) is 51.7 Å². The van der Waals surface area contributed by atoms with Gasteiger partial charge in [-0.15, -0.1) is 22.7 Å². The summed E-state index contributed by atoms with van der Waals surface area (Å²) in [6, 6.07) is 105. The second kappa shape index (κ2) is 24.3. The van der Waals surface area contributed by atoms with Crippen LogP contribution in [0.5, 0.6) is 0 Å². The van der Waals surface area contributed by atoms with Crippen molar-refractivity contribution in [2.75, 3.05) is 9.80 Å². The van der Waals surface area contributed by atoms with Crippen LogP contribution in [0.1, 0.15) is 85.9 Å². The van der Waals surface area contributed by atoms with E-state index < -0.39 is 18.2 Å². The lowest BCUT2D eigenvalue weighted by Gasteiger charge is -2.46. The third kappa shape index (κ3) is 10.2. The monoisotopic (exact) mass is 1440 g/mol. The fraction of sp³-hybridized carbons (Fsp3) is 0.118. The number of aromatic nitrogens is 2. The molecule has 4 aromatic heterocycles. The molecule has 2 aliphatic rings. The summed E-state index contributed by atoms with van der Waals surface area (Å²) in [5, 5.41) is 9.38. The molecule has 0 bridgehead atoms. The topological polar surface area (TPSA) is 16.3 Å². The highest BCUT2D eigenvalue weighted by atomic mass is 32.1. The minimum Gasteiger partial charge on any atom is -0.309 e. The second-order valence-electron chi connectivity index (χ2n) is 32.8. The number of para-hydroxylation sites is 6. The summed E-state index contributed by atoms with van der Waals surface area (Å²) in [6.07, 6.45) is 0. The molecule has 522 valence electrons. The van der Waals surface area contributed by atoms with E-state index in [1.54, 1.807) is 0 Å². The Bertz CT molecular complexity index is 7190. The largest absolute Gasteiger partial charge is 0.309 e. The maximum atomic E-state index is 9.80. The molecule has 0 amide bonds. The number of hydrogen-bond acceptors (Lipinski definition) is 4. The summed E-state index contributed by atoms with van der Waals surface area (Å²) in [4.78, 5) is 5.23. The van der Waals surface area contributed by atoms with E-state index in [1.165, 1.54) is 51.5 Å². The Morgan fingerprint density at radius 2 is 0.734 bits per heavy atom. The molecule has 0 saturated heterocycles. The Morgan fingerprint density at radius 3 is 1.33 bits per heavy atom. The first-order valence-corrected chi connectivity index (χ1v) is 39.5. The molecular weight excluding hydrogens is 1360 g/mol. The normalized spacial score (nSPS) is 13.8. The third-order valence-corrected chi connectivity index (χ3v) is 25.5. The van der Waals surface area contributed by atoms with E-state index in [4.69, 9.17) is 1.37 Å². The average molecular weight is 1440 g/mol. The first-order valence-electron chi connectivity index (χ1n) is 40.4. The predicted octanol–water partition coefficient (Wildman–Crippen LogP) is 27.3. The SMILES string of the molecule is [2H]c1c([2H])c([2H])c(-c2ccc3c(c2)B2c4ccc(-c5cc(C(C)(C)C)cc(C(C)(C)C)c5)cc4N(c4c(-c5ccc6sc7ccccc7c6c5)cccc4-n4c5ccccc5c5ccccc54)c4cc(C(C)(C)C)cc(c42)N3c2c(-c3cccc4sc5ccccc5c34)cccc2-n2c3ccccc3c3ccccc32)c([2H])c1[2H]. The molecule has 21 rings (SSSR count). The molecular formula is C102H79BN4S2. The molecule has 0 atom stereocenters. The summed E-state index contributed by atoms with van der Waals surface area (Å²) in [5.74, 6) is 0. The quantitative estimate of drug-likeness (QED) is 0.141. The molecule has 6 heterocycles. The lowest BCUT2D eigenvalue weighted by Crippen LogP contribution is -2.61. The van der Waals surface area contributed by atoms with Gasteiger partial charge in [-0.1, -0.05) is 287 Å². The van der Waals surface area contributed by atoms with Crippen LogP contribution in [0.4, 0.5) is 34.1 Å². The molecule has 0 radical (unpaired) electrons. The zero-order chi connectivity index (χ0) is 77.9. The molecule has 0 N–H and O–H groups in total. The summed E-state index contributed by atoms with van der Waals surface area (Å²) in [7, 11) is 0. The van der Waals surface area contributed by atoms with E-state index in [0.29, 0.717) is 5.56 Å². The molecule has 2 aliphatic heterocycles. The number of anilines is 6. The van der Waals surface area contributed by atoms with Crippen LogP contribution in [0.15, 0.2) is 315 Å². The van der Waals surface area contributed by atoms with Gasteiger partial charge in [0.2, 0.25) is 0 Å². The van der Waals surface area contributed by atoms with Gasteiger partial charge in [-0.2, -0.15) is 0 Å². The van der Waals surface area contributed by atoms with E-state index in [2.05, 4.69) is 360 Å². The zero-order valence-electron chi connectivity index (χ0n) is 67.3. The predicted molar refractivity (Wildman–Crippen MR) is 473 cm³/mol. The van der Waals surface area contributed by atoms with Crippen molar-refractivity contribution in [3.05, 3.63) is 332 Å². The highest BCUT2D eigenvalue weighted by Gasteiger charge is 2.47. The molecule has 19 aromatic rings. The zero-order valence-corrected chi connectivity index (χ0v) is 64.0. The van der Waals surface area contributed by atoms with Crippen LogP contribution in [0.3, 0.4) is 0 Å². The highest BCUT2D eigenvalue weighted by Crippen LogP contribution is 2.56. The van der Waals surface area contributed by atoms with Gasteiger partial charge in [0.1, 0.15) is 0 Å². The number of nitrogens with zero attached hydrogens (tertiary/aromatic N) is 4. The molecule has 0 spiro atoms. The van der Waals surface area contributed by atoms with Crippen molar-refractivity contribution < 1.29 is 6.85 Å². The van der Waals surface area contributed by atoms with Crippen molar-refractivity contribution in [1.82, 2.24) is 9.13 Å². The van der Waals surface area contributed by atoms with Gasteiger partial charge >= 0.3 is 0 Å². The standard InChI is InChI=1S/C102H79BN4S2/c1-100(2,3)67-54-66(55-68(59-67)101(4,5)6)64-48-51-80-89(58-64)107(98-70(65-50-53-94-79(56-65)75-34-17-23-45-92(75)108-94)36-25-43-87(98)104-82-39-19-13-30-71(82)72-31-14-20-40-83(72)104)91-61-69(102(7,8)9)60-90-97(91)103(80)81-57-63(62-28-11-10-12-29-62)49-52-86(81)106(90)99-77(76-37-27-47-95-96(76)78-35-18-24-46-93(78)109-95)38-26-44-88(99)105-84-41-21-15-32-73(84)74-33-16-22-42-85(74)105/h10-61H,1-9H3/i10D,11D,12D,28D,29D. The van der Waals surface area contributed by atoms with Gasteiger partial charge in [-0.3, -0.25) is 0 Å². The van der Waals surface area contributed by atoms with Gasteiger partial charge in [-0.05, 0) is 174 Å². The molecule has 0 unspecified atom stereocenters. The van der Waals surface area contributed by atoms with Crippen LogP contribution >= 0.6 is 22.7 Å². The van der Waals surface area contributed by atoms with Gasteiger partial charge in [-0.25, -0.2) is 0 Å².